The van der Waals surface area contributed by atoms with Crippen molar-refractivity contribution in [2.24, 2.45) is 5.41 Å². The molecule has 1 aromatic carbocycles. The maximum Gasteiger partial charge on any atom is 0.137 e. The molecule has 1 atom stereocenters. The van der Waals surface area contributed by atoms with Gasteiger partial charge in [-0.15, -0.1) is 0 Å². The number of halogens is 1. The molecule has 4 heteroatoms. The van der Waals surface area contributed by atoms with Gasteiger partial charge >= 0.3 is 0 Å². The molecule has 1 N–H and O–H groups in total. The summed E-state index contributed by atoms with van der Waals surface area (Å²) in [5.74, 6) is 0.684. The smallest absolute Gasteiger partial charge is 0.137 e. The van der Waals surface area contributed by atoms with Crippen LogP contribution in [0.1, 0.15) is 29.9 Å². The number of nitrogens with one attached hydrogen (secondary N) is 1. The maximum atomic E-state index is 11.6. The summed E-state index contributed by atoms with van der Waals surface area (Å²) < 4.78 is 5.28. The highest BCUT2D eigenvalue weighted by Crippen LogP contribution is 2.53. The van der Waals surface area contributed by atoms with Gasteiger partial charge in [0.2, 0.25) is 0 Å². The molecule has 0 aromatic heterocycles. The third-order valence-corrected chi connectivity index (χ3v) is 4.98. The highest BCUT2D eigenvalue weighted by atomic mass is 35.5. The number of methoxy groups -OCH3 is 1. The normalized spacial score (nSPS) is 24.2. The van der Waals surface area contributed by atoms with Crippen molar-refractivity contribution in [3.05, 3.63) is 28.3 Å². The van der Waals surface area contributed by atoms with Gasteiger partial charge in [0.25, 0.3) is 0 Å². The molecule has 1 spiro atoms. The van der Waals surface area contributed by atoms with Crippen molar-refractivity contribution in [3.63, 3.8) is 0 Å². The molecule has 1 saturated heterocycles. The summed E-state index contributed by atoms with van der Waals surface area (Å²) in [6.07, 6.45) is 4.16. The van der Waals surface area contributed by atoms with Crippen LogP contribution in [0, 0.1) is 5.41 Å². The lowest BCUT2D eigenvalue weighted by atomic mass is 9.70. The molecule has 0 bridgehead atoms. The second kappa shape index (κ2) is 4.80. The molecule has 0 saturated carbocycles. The predicted octanol–water partition coefficient (Wildman–Crippen LogP) is 2.56. The number of benzene rings is 1. The standard InChI is InChI=1S/C15H18ClNO2/c1-19-14-6-10-8-15(2-4-17-5-3-15)12(9-18)11(10)7-13(14)16/h6-7,9,12,17H,2-5,8H2,1H3. The quantitative estimate of drug-likeness (QED) is 0.846. The van der Waals surface area contributed by atoms with Gasteiger partial charge in [0, 0.05) is 5.92 Å². The molecule has 102 valence electrons. The van der Waals surface area contributed by atoms with Gasteiger partial charge in [-0.05, 0) is 61.0 Å². The van der Waals surface area contributed by atoms with Crippen molar-refractivity contribution in [2.45, 2.75) is 25.2 Å². The van der Waals surface area contributed by atoms with E-state index in [4.69, 9.17) is 16.3 Å². The molecule has 0 radical (unpaired) electrons. The largest absolute Gasteiger partial charge is 0.495 e. The third kappa shape index (κ3) is 1.96. The van der Waals surface area contributed by atoms with Gasteiger partial charge in [-0.2, -0.15) is 0 Å². The first-order valence-electron chi connectivity index (χ1n) is 6.72. The Morgan fingerprint density at radius 2 is 2.16 bits per heavy atom. The van der Waals surface area contributed by atoms with Crippen molar-refractivity contribution >= 4 is 17.9 Å². The van der Waals surface area contributed by atoms with Gasteiger partial charge in [-0.1, -0.05) is 11.6 Å². The number of hydrogen-bond acceptors (Lipinski definition) is 3. The van der Waals surface area contributed by atoms with Crippen LogP contribution in [0.25, 0.3) is 0 Å². The summed E-state index contributed by atoms with van der Waals surface area (Å²) in [4.78, 5) is 11.6. The fourth-order valence-corrected chi connectivity index (χ4v) is 3.91. The molecule has 1 unspecified atom stereocenters. The number of carbonyl (C=O) groups is 1. The molecular formula is C15H18ClNO2. The van der Waals surface area contributed by atoms with Gasteiger partial charge in [-0.3, -0.25) is 0 Å². The van der Waals surface area contributed by atoms with Gasteiger partial charge in [-0.25, -0.2) is 0 Å². The molecule has 1 fully saturated rings. The zero-order valence-corrected chi connectivity index (χ0v) is 11.8. The average molecular weight is 280 g/mol. The summed E-state index contributed by atoms with van der Waals surface area (Å²) >= 11 is 6.20. The number of carbonyl (C=O) groups excluding carboxylic acids is 1. The molecule has 2 aliphatic rings. The average Bonchev–Trinajstić information content (AvgIpc) is 2.70. The number of ether oxygens (including phenoxy) is 1. The molecule has 1 aliphatic heterocycles. The Morgan fingerprint density at radius 3 is 2.79 bits per heavy atom. The fraction of sp³-hybridized carbons (Fsp3) is 0.533. The van der Waals surface area contributed by atoms with Crippen LogP contribution < -0.4 is 10.1 Å². The van der Waals surface area contributed by atoms with Crippen LogP contribution >= 0.6 is 11.6 Å². The molecule has 3 rings (SSSR count). The maximum absolute atomic E-state index is 11.6. The van der Waals surface area contributed by atoms with E-state index in [1.54, 1.807) is 7.11 Å². The zero-order chi connectivity index (χ0) is 13.5. The van der Waals surface area contributed by atoms with E-state index in [9.17, 15) is 4.79 Å². The highest BCUT2D eigenvalue weighted by Gasteiger charge is 2.46. The number of aldehydes is 1. The minimum absolute atomic E-state index is 0.0204. The Labute approximate surface area is 118 Å². The first-order valence-corrected chi connectivity index (χ1v) is 7.10. The SMILES string of the molecule is COc1cc2c(cc1Cl)C(C=O)C1(CCNCC1)C2. The van der Waals surface area contributed by atoms with Gasteiger partial charge in [0.05, 0.1) is 12.1 Å². The third-order valence-electron chi connectivity index (χ3n) is 4.69. The highest BCUT2D eigenvalue weighted by molar-refractivity contribution is 6.32. The molecule has 3 nitrogen and oxygen atoms in total. The van der Waals surface area contributed by atoms with E-state index in [1.165, 1.54) is 5.56 Å². The van der Waals surface area contributed by atoms with Crippen molar-refractivity contribution in [2.75, 3.05) is 20.2 Å². The van der Waals surface area contributed by atoms with E-state index < -0.39 is 0 Å². The lowest BCUT2D eigenvalue weighted by Gasteiger charge is -2.37. The molecule has 1 heterocycles. The van der Waals surface area contributed by atoms with Crippen LogP contribution in [0.5, 0.6) is 5.75 Å². The van der Waals surface area contributed by atoms with Crippen molar-refractivity contribution in [1.82, 2.24) is 5.32 Å². The predicted molar refractivity (Wildman–Crippen MR) is 75.0 cm³/mol. The molecule has 1 aliphatic carbocycles. The minimum Gasteiger partial charge on any atom is -0.495 e. The zero-order valence-electron chi connectivity index (χ0n) is 11.0. The van der Waals surface area contributed by atoms with E-state index in [0.717, 1.165) is 44.2 Å². The number of fused-ring (bicyclic) bond motifs is 1. The Morgan fingerprint density at radius 1 is 1.42 bits per heavy atom. The number of piperidine rings is 1. The Hall–Kier alpha value is -1.06. The number of rotatable bonds is 2. The van der Waals surface area contributed by atoms with Crippen LogP contribution in [0.15, 0.2) is 12.1 Å². The number of hydrogen-bond donors (Lipinski definition) is 1. The molecular weight excluding hydrogens is 262 g/mol. The van der Waals surface area contributed by atoms with Crippen molar-refractivity contribution < 1.29 is 9.53 Å². The van der Waals surface area contributed by atoms with E-state index in [2.05, 4.69) is 5.32 Å². The Bertz CT molecular complexity index is 509. The first kappa shape index (κ1) is 12.9. The van der Waals surface area contributed by atoms with Crippen molar-refractivity contribution in [3.8, 4) is 5.75 Å². The topological polar surface area (TPSA) is 38.3 Å². The van der Waals surface area contributed by atoms with Crippen LogP contribution in [0.4, 0.5) is 0 Å². The van der Waals surface area contributed by atoms with E-state index in [0.29, 0.717) is 10.8 Å². The Balaban J connectivity index is 2.05. The van der Waals surface area contributed by atoms with Gasteiger partial charge in [0.15, 0.2) is 0 Å². The fourth-order valence-electron chi connectivity index (χ4n) is 3.66. The van der Waals surface area contributed by atoms with Crippen LogP contribution in [-0.2, 0) is 11.2 Å². The minimum atomic E-state index is -0.0204. The van der Waals surface area contributed by atoms with Gasteiger partial charge < -0.3 is 14.8 Å². The van der Waals surface area contributed by atoms with Gasteiger partial charge in [0.1, 0.15) is 12.0 Å². The second-order valence-corrected chi connectivity index (χ2v) is 6.00. The first-order chi connectivity index (χ1) is 9.20. The summed E-state index contributed by atoms with van der Waals surface area (Å²) in [5, 5.41) is 3.97. The Kier molecular flexibility index (Phi) is 3.27. The van der Waals surface area contributed by atoms with E-state index in [1.807, 2.05) is 12.1 Å². The summed E-state index contributed by atoms with van der Waals surface area (Å²) in [6.45, 7) is 1.98. The lowest BCUT2D eigenvalue weighted by Crippen LogP contribution is -2.39. The molecule has 19 heavy (non-hydrogen) atoms. The van der Waals surface area contributed by atoms with Crippen LogP contribution in [0.3, 0.4) is 0 Å². The monoisotopic (exact) mass is 279 g/mol. The van der Waals surface area contributed by atoms with Crippen LogP contribution in [0.2, 0.25) is 5.02 Å². The second-order valence-electron chi connectivity index (χ2n) is 5.59. The van der Waals surface area contributed by atoms with E-state index in [-0.39, 0.29) is 11.3 Å². The molecule has 1 aromatic rings. The summed E-state index contributed by atoms with van der Waals surface area (Å²) in [5.41, 5.74) is 2.41. The van der Waals surface area contributed by atoms with E-state index >= 15 is 0 Å². The van der Waals surface area contributed by atoms with Crippen LogP contribution in [-0.4, -0.2) is 26.5 Å². The van der Waals surface area contributed by atoms with Crippen molar-refractivity contribution in [1.29, 1.82) is 0 Å². The molecule has 0 amide bonds. The summed E-state index contributed by atoms with van der Waals surface area (Å²) in [6, 6.07) is 3.93. The summed E-state index contributed by atoms with van der Waals surface area (Å²) in [7, 11) is 1.63. The lowest BCUT2D eigenvalue weighted by molar-refractivity contribution is -0.111.